The average Bonchev–Trinajstić information content (AvgIpc) is 2.10. The van der Waals surface area contributed by atoms with Gasteiger partial charge in [-0.3, -0.25) is 0 Å². The van der Waals surface area contributed by atoms with Crippen molar-refractivity contribution in [2.45, 2.75) is 54.4 Å². The Morgan fingerprint density at radius 1 is 1.21 bits per heavy atom. The van der Waals surface area contributed by atoms with Crippen LogP contribution >= 0.6 is 0 Å². The second-order valence-corrected chi connectivity index (χ2v) is 4.42. The molecular formula is C14H24. The molecule has 0 amide bonds. The van der Waals surface area contributed by atoms with E-state index in [-0.39, 0.29) is 0 Å². The van der Waals surface area contributed by atoms with Gasteiger partial charge in [-0.15, -0.1) is 5.73 Å². The fourth-order valence-electron chi connectivity index (χ4n) is 1.32. The van der Waals surface area contributed by atoms with Crippen LogP contribution in [0.3, 0.4) is 0 Å². The van der Waals surface area contributed by atoms with Crippen LogP contribution in [0.25, 0.3) is 0 Å². The van der Waals surface area contributed by atoms with E-state index >= 15 is 0 Å². The van der Waals surface area contributed by atoms with Gasteiger partial charge in [-0.2, -0.15) is 0 Å². The van der Waals surface area contributed by atoms with Crippen LogP contribution in [-0.2, 0) is 0 Å². The van der Waals surface area contributed by atoms with E-state index in [1.165, 1.54) is 16.7 Å². The van der Waals surface area contributed by atoms with Crippen LogP contribution in [-0.4, -0.2) is 0 Å². The Hall–Kier alpha value is -0.740. The predicted octanol–water partition coefficient (Wildman–Crippen LogP) is 4.88. The van der Waals surface area contributed by atoms with Gasteiger partial charge in [-0.25, -0.2) is 0 Å². The molecular weight excluding hydrogens is 168 g/mol. The molecule has 0 heteroatoms. The van der Waals surface area contributed by atoms with Gasteiger partial charge in [0.15, 0.2) is 0 Å². The summed E-state index contributed by atoms with van der Waals surface area (Å²) in [6.07, 6.45) is 4.42. The first-order chi connectivity index (χ1) is 6.47. The van der Waals surface area contributed by atoms with Gasteiger partial charge in [0, 0.05) is 0 Å². The molecule has 0 nitrogen and oxygen atoms in total. The molecule has 0 aliphatic heterocycles. The molecule has 0 unspecified atom stereocenters. The zero-order valence-corrected chi connectivity index (χ0v) is 10.6. The van der Waals surface area contributed by atoms with Crippen LogP contribution in [0.4, 0.5) is 0 Å². The van der Waals surface area contributed by atoms with Crippen molar-refractivity contribution < 1.29 is 0 Å². The minimum absolute atomic E-state index is 0.627. The van der Waals surface area contributed by atoms with E-state index < -0.39 is 0 Å². The molecule has 0 aliphatic carbocycles. The lowest BCUT2D eigenvalue weighted by molar-refractivity contribution is 0.733. The highest BCUT2D eigenvalue weighted by Crippen LogP contribution is 2.13. The summed E-state index contributed by atoms with van der Waals surface area (Å²) in [7, 11) is 0. The summed E-state index contributed by atoms with van der Waals surface area (Å²) in [6.45, 7) is 13.1. The van der Waals surface area contributed by atoms with Gasteiger partial charge in [0.1, 0.15) is 0 Å². The Morgan fingerprint density at radius 2 is 1.79 bits per heavy atom. The molecule has 0 rings (SSSR count). The van der Waals surface area contributed by atoms with Crippen LogP contribution in [0.5, 0.6) is 0 Å². The lowest BCUT2D eigenvalue weighted by Crippen LogP contribution is -1.90. The second kappa shape index (κ2) is 6.68. The van der Waals surface area contributed by atoms with Crippen molar-refractivity contribution in [1.29, 1.82) is 0 Å². The Balaban J connectivity index is 4.67. The van der Waals surface area contributed by atoms with Crippen LogP contribution in [0.2, 0.25) is 0 Å². The maximum Gasteiger partial charge on any atom is -0.00629 e. The van der Waals surface area contributed by atoms with Crippen molar-refractivity contribution in [3.63, 3.8) is 0 Å². The van der Waals surface area contributed by atoms with E-state index in [1.54, 1.807) is 0 Å². The standard InChI is InChI=1S/C14H24/c1-7-14(12(4)5)10-13(6)9-8-11(2)3/h8,12H,7,9H2,1-6H3. The van der Waals surface area contributed by atoms with E-state index in [2.05, 4.69) is 53.3 Å². The van der Waals surface area contributed by atoms with Crippen molar-refractivity contribution in [2.75, 3.05) is 0 Å². The molecule has 0 atom stereocenters. The molecule has 0 aliphatic rings. The topological polar surface area (TPSA) is 0 Å². The zero-order valence-electron chi connectivity index (χ0n) is 10.6. The van der Waals surface area contributed by atoms with Gasteiger partial charge < -0.3 is 0 Å². The van der Waals surface area contributed by atoms with Gasteiger partial charge in [0.25, 0.3) is 0 Å². The third-order valence-electron chi connectivity index (χ3n) is 2.27. The van der Waals surface area contributed by atoms with Gasteiger partial charge in [-0.05, 0) is 50.7 Å². The van der Waals surface area contributed by atoms with Crippen molar-refractivity contribution in [3.8, 4) is 0 Å². The van der Waals surface area contributed by atoms with Crippen LogP contribution in [0.15, 0.2) is 28.5 Å². The maximum absolute atomic E-state index is 3.51. The van der Waals surface area contributed by atoms with Gasteiger partial charge in [-0.1, -0.05) is 32.4 Å². The first-order valence-corrected chi connectivity index (χ1v) is 5.55. The predicted molar refractivity (Wildman–Crippen MR) is 65.4 cm³/mol. The summed E-state index contributed by atoms with van der Waals surface area (Å²) in [5.41, 5.74) is 7.67. The first kappa shape index (κ1) is 13.3. The SMILES string of the molecule is CCC(=C=C(C)CC=C(C)C)C(C)C. The quantitative estimate of drug-likeness (QED) is 0.440. The normalized spacial score (nSPS) is 9.64. The van der Waals surface area contributed by atoms with E-state index in [9.17, 15) is 0 Å². The third-order valence-corrected chi connectivity index (χ3v) is 2.27. The maximum atomic E-state index is 3.51. The molecule has 0 spiro atoms. The van der Waals surface area contributed by atoms with Gasteiger partial charge >= 0.3 is 0 Å². The average molecular weight is 192 g/mol. The fraction of sp³-hybridized carbons (Fsp3) is 0.643. The van der Waals surface area contributed by atoms with Crippen molar-refractivity contribution >= 4 is 0 Å². The van der Waals surface area contributed by atoms with Crippen LogP contribution in [0, 0.1) is 5.92 Å². The summed E-state index contributed by atoms with van der Waals surface area (Å²) in [5.74, 6) is 0.627. The minimum atomic E-state index is 0.627. The van der Waals surface area contributed by atoms with Crippen molar-refractivity contribution in [3.05, 3.63) is 28.5 Å². The molecule has 0 saturated carbocycles. The van der Waals surface area contributed by atoms with E-state index in [0.717, 1.165) is 12.8 Å². The number of hydrogen-bond acceptors (Lipinski definition) is 0. The molecule has 80 valence electrons. The highest BCUT2D eigenvalue weighted by molar-refractivity contribution is 5.13. The summed E-state index contributed by atoms with van der Waals surface area (Å²) < 4.78 is 0. The lowest BCUT2D eigenvalue weighted by Gasteiger charge is -2.05. The monoisotopic (exact) mass is 192 g/mol. The summed E-state index contributed by atoms with van der Waals surface area (Å²) in [4.78, 5) is 0. The molecule has 0 fully saturated rings. The van der Waals surface area contributed by atoms with Gasteiger partial charge in [0.05, 0.1) is 0 Å². The summed E-state index contributed by atoms with van der Waals surface area (Å²) in [6, 6.07) is 0. The minimum Gasteiger partial charge on any atom is -0.122 e. The van der Waals surface area contributed by atoms with E-state index in [0.29, 0.717) is 5.92 Å². The van der Waals surface area contributed by atoms with Crippen molar-refractivity contribution in [1.82, 2.24) is 0 Å². The van der Waals surface area contributed by atoms with Crippen molar-refractivity contribution in [2.24, 2.45) is 5.92 Å². The smallest absolute Gasteiger partial charge is 0.00629 e. The van der Waals surface area contributed by atoms with Crippen LogP contribution in [0.1, 0.15) is 54.4 Å². The van der Waals surface area contributed by atoms with Gasteiger partial charge in [0.2, 0.25) is 0 Å². The van der Waals surface area contributed by atoms with E-state index in [4.69, 9.17) is 0 Å². The Labute approximate surface area is 89.4 Å². The first-order valence-electron chi connectivity index (χ1n) is 5.55. The fourth-order valence-corrected chi connectivity index (χ4v) is 1.32. The molecule has 0 aromatic rings. The Morgan fingerprint density at radius 3 is 2.14 bits per heavy atom. The number of hydrogen-bond donors (Lipinski definition) is 0. The molecule has 0 N–H and O–H groups in total. The number of allylic oxidation sites excluding steroid dienone is 3. The molecule has 0 aromatic carbocycles. The molecule has 0 bridgehead atoms. The summed E-state index contributed by atoms with van der Waals surface area (Å²) in [5, 5.41) is 0. The summed E-state index contributed by atoms with van der Waals surface area (Å²) >= 11 is 0. The van der Waals surface area contributed by atoms with E-state index in [1.807, 2.05) is 0 Å². The highest BCUT2D eigenvalue weighted by Gasteiger charge is 1.98. The number of rotatable bonds is 4. The third kappa shape index (κ3) is 5.83. The zero-order chi connectivity index (χ0) is 11.1. The molecule has 14 heavy (non-hydrogen) atoms. The highest BCUT2D eigenvalue weighted by atomic mass is 14.0. The second-order valence-electron chi connectivity index (χ2n) is 4.42. The largest absolute Gasteiger partial charge is 0.122 e. The Bertz CT molecular complexity index is 254. The Kier molecular flexibility index (Phi) is 6.32. The van der Waals surface area contributed by atoms with Crippen LogP contribution < -0.4 is 0 Å². The molecule has 0 radical (unpaired) electrons. The molecule has 0 aromatic heterocycles. The molecule has 0 saturated heterocycles. The molecule has 0 heterocycles. The lowest BCUT2D eigenvalue weighted by atomic mass is 10.0.